The average molecular weight is 273 g/mol. The quantitative estimate of drug-likeness (QED) is 0.746. The van der Waals surface area contributed by atoms with Gasteiger partial charge in [0, 0.05) is 18.3 Å². The summed E-state index contributed by atoms with van der Waals surface area (Å²) in [6.45, 7) is 8.53. The van der Waals surface area contributed by atoms with E-state index in [2.05, 4.69) is 50.4 Å². The molecule has 0 aromatic heterocycles. The molecule has 0 saturated heterocycles. The first-order chi connectivity index (χ1) is 9.67. The Morgan fingerprint density at radius 3 is 2.95 bits per heavy atom. The summed E-state index contributed by atoms with van der Waals surface area (Å²) < 4.78 is 5.67. The molecule has 0 bridgehead atoms. The van der Waals surface area contributed by atoms with E-state index < -0.39 is 0 Å². The Labute approximate surface area is 123 Å². The number of rotatable bonds is 6. The largest absolute Gasteiger partial charge is 0.494 e. The molecule has 2 unspecified atom stereocenters. The Morgan fingerprint density at radius 2 is 2.20 bits per heavy atom. The maximum atomic E-state index is 5.67. The summed E-state index contributed by atoms with van der Waals surface area (Å²) in [5.74, 6) is 2.43. The number of hydrogen-bond donors (Lipinski definition) is 1. The number of benzene rings is 1. The highest BCUT2D eigenvalue weighted by atomic mass is 16.5. The van der Waals surface area contributed by atoms with Crippen molar-refractivity contribution in [1.82, 2.24) is 0 Å². The van der Waals surface area contributed by atoms with Crippen LogP contribution < -0.4 is 10.1 Å². The van der Waals surface area contributed by atoms with Gasteiger partial charge >= 0.3 is 0 Å². The fourth-order valence-electron chi connectivity index (χ4n) is 3.02. The number of hydrogen-bond acceptors (Lipinski definition) is 2. The van der Waals surface area contributed by atoms with E-state index in [9.17, 15) is 0 Å². The minimum atomic E-state index is 0.717. The third-order valence-electron chi connectivity index (χ3n) is 3.79. The van der Waals surface area contributed by atoms with Crippen molar-refractivity contribution in [3.63, 3.8) is 0 Å². The van der Waals surface area contributed by atoms with Crippen LogP contribution in [0.2, 0.25) is 0 Å². The fourth-order valence-corrected chi connectivity index (χ4v) is 3.02. The van der Waals surface area contributed by atoms with E-state index in [1.807, 2.05) is 6.07 Å². The van der Waals surface area contributed by atoms with Crippen LogP contribution in [-0.4, -0.2) is 13.2 Å². The summed E-state index contributed by atoms with van der Waals surface area (Å²) in [6.07, 6.45) is 5.97. The van der Waals surface area contributed by atoms with E-state index in [1.165, 1.54) is 24.1 Å². The third-order valence-corrected chi connectivity index (χ3v) is 3.79. The van der Waals surface area contributed by atoms with E-state index in [0.717, 1.165) is 37.2 Å². The molecule has 1 N–H and O–H groups in total. The molecular formula is C18H27NO. The lowest BCUT2D eigenvalue weighted by Crippen LogP contribution is -2.20. The molecular weight excluding hydrogens is 246 g/mol. The SMILES string of the molecule is CCCOc1cccc(NCC2CC(C)=CC(C)C2)c1. The molecule has 2 rings (SSSR count). The Bertz CT molecular complexity index is 452. The van der Waals surface area contributed by atoms with Crippen LogP contribution >= 0.6 is 0 Å². The van der Waals surface area contributed by atoms with Gasteiger partial charge in [-0.05, 0) is 50.2 Å². The summed E-state index contributed by atoms with van der Waals surface area (Å²) in [5.41, 5.74) is 2.70. The second kappa shape index (κ2) is 7.37. The van der Waals surface area contributed by atoms with Gasteiger partial charge in [0.05, 0.1) is 6.61 Å². The molecule has 2 atom stereocenters. The lowest BCUT2D eigenvalue weighted by molar-refractivity contribution is 0.317. The van der Waals surface area contributed by atoms with Gasteiger partial charge in [-0.3, -0.25) is 0 Å². The Kier molecular flexibility index (Phi) is 5.51. The smallest absolute Gasteiger partial charge is 0.121 e. The van der Waals surface area contributed by atoms with Crippen LogP contribution in [0.25, 0.3) is 0 Å². The Balaban J connectivity index is 1.86. The van der Waals surface area contributed by atoms with E-state index in [4.69, 9.17) is 4.74 Å². The molecule has 2 nitrogen and oxygen atoms in total. The summed E-state index contributed by atoms with van der Waals surface area (Å²) >= 11 is 0. The van der Waals surface area contributed by atoms with Crippen molar-refractivity contribution >= 4 is 5.69 Å². The highest BCUT2D eigenvalue weighted by Crippen LogP contribution is 2.28. The molecule has 110 valence electrons. The van der Waals surface area contributed by atoms with E-state index >= 15 is 0 Å². The van der Waals surface area contributed by atoms with Gasteiger partial charge in [0.2, 0.25) is 0 Å². The van der Waals surface area contributed by atoms with Gasteiger partial charge in [-0.2, -0.15) is 0 Å². The molecule has 0 heterocycles. The number of anilines is 1. The molecule has 0 amide bonds. The minimum Gasteiger partial charge on any atom is -0.494 e. The second-order valence-electron chi connectivity index (χ2n) is 6.05. The highest BCUT2D eigenvalue weighted by Gasteiger charge is 2.17. The van der Waals surface area contributed by atoms with Crippen LogP contribution in [0.15, 0.2) is 35.9 Å². The van der Waals surface area contributed by atoms with Crippen LogP contribution in [-0.2, 0) is 0 Å². The highest BCUT2D eigenvalue weighted by molar-refractivity contribution is 5.48. The zero-order chi connectivity index (χ0) is 14.4. The van der Waals surface area contributed by atoms with Gasteiger partial charge < -0.3 is 10.1 Å². The molecule has 1 aliphatic rings. The maximum Gasteiger partial charge on any atom is 0.121 e. The second-order valence-corrected chi connectivity index (χ2v) is 6.05. The van der Waals surface area contributed by atoms with Gasteiger partial charge in [-0.1, -0.05) is 31.6 Å². The van der Waals surface area contributed by atoms with Crippen molar-refractivity contribution in [2.75, 3.05) is 18.5 Å². The first kappa shape index (κ1) is 15.0. The van der Waals surface area contributed by atoms with Crippen molar-refractivity contribution < 1.29 is 4.74 Å². The molecule has 1 aliphatic carbocycles. The molecule has 0 fully saturated rings. The Hall–Kier alpha value is -1.44. The van der Waals surface area contributed by atoms with Crippen LogP contribution in [0, 0.1) is 11.8 Å². The minimum absolute atomic E-state index is 0.717. The van der Waals surface area contributed by atoms with E-state index in [-0.39, 0.29) is 0 Å². The van der Waals surface area contributed by atoms with Crippen molar-refractivity contribution in [2.24, 2.45) is 11.8 Å². The summed E-state index contributed by atoms with van der Waals surface area (Å²) in [5, 5.41) is 3.57. The summed E-state index contributed by atoms with van der Waals surface area (Å²) in [7, 11) is 0. The molecule has 0 spiro atoms. The zero-order valence-electron chi connectivity index (χ0n) is 13.0. The number of nitrogens with one attached hydrogen (secondary N) is 1. The normalized spacial score (nSPS) is 22.2. The van der Waals surface area contributed by atoms with E-state index in [0.29, 0.717) is 0 Å². The maximum absolute atomic E-state index is 5.67. The lowest BCUT2D eigenvalue weighted by atomic mass is 9.84. The molecule has 1 aromatic rings. The molecule has 0 saturated carbocycles. The monoisotopic (exact) mass is 273 g/mol. The molecule has 1 aromatic carbocycles. The number of ether oxygens (including phenoxy) is 1. The first-order valence-corrected chi connectivity index (χ1v) is 7.81. The zero-order valence-corrected chi connectivity index (χ0v) is 13.0. The standard InChI is InChI=1S/C18H27NO/c1-4-8-20-18-7-5-6-17(12-18)19-13-16-10-14(2)9-15(3)11-16/h5-7,9,12,14,16,19H,4,8,10-11,13H2,1-3H3. The van der Waals surface area contributed by atoms with Gasteiger partial charge in [0.15, 0.2) is 0 Å². The third kappa shape index (κ3) is 4.59. The van der Waals surface area contributed by atoms with Crippen LogP contribution in [0.4, 0.5) is 5.69 Å². The lowest BCUT2D eigenvalue weighted by Gasteiger charge is -2.26. The van der Waals surface area contributed by atoms with Crippen LogP contribution in [0.5, 0.6) is 5.75 Å². The molecule has 20 heavy (non-hydrogen) atoms. The molecule has 2 heteroatoms. The van der Waals surface area contributed by atoms with Crippen LogP contribution in [0.3, 0.4) is 0 Å². The average Bonchev–Trinajstić information content (AvgIpc) is 2.42. The van der Waals surface area contributed by atoms with Crippen molar-refractivity contribution in [2.45, 2.75) is 40.0 Å². The van der Waals surface area contributed by atoms with Crippen molar-refractivity contribution in [3.8, 4) is 5.75 Å². The summed E-state index contributed by atoms with van der Waals surface area (Å²) in [6, 6.07) is 8.30. The predicted octanol–water partition coefficient (Wildman–Crippen LogP) is 4.88. The Morgan fingerprint density at radius 1 is 1.35 bits per heavy atom. The topological polar surface area (TPSA) is 21.3 Å². The van der Waals surface area contributed by atoms with Gasteiger partial charge in [0.1, 0.15) is 5.75 Å². The van der Waals surface area contributed by atoms with Gasteiger partial charge in [-0.15, -0.1) is 0 Å². The van der Waals surface area contributed by atoms with Crippen molar-refractivity contribution in [1.29, 1.82) is 0 Å². The van der Waals surface area contributed by atoms with Crippen molar-refractivity contribution in [3.05, 3.63) is 35.9 Å². The van der Waals surface area contributed by atoms with Gasteiger partial charge in [0.25, 0.3) is 0 Å². The van der Waals surface area contributed by atoms with Gasteiger partial charge in [-0.25, -0.2) is 0 Å². The first-order valence-electron chi connectivity index (χ1n) is 7.81. The molecule has 0 radical (unpaired) electrons. The fraction of sp³-hybridized carbons (Fsp3) is 0.556. The molecule has 0 aliphatic heterocycles. The predicted molar refractivity (Wildman–Crippen MR) is 86.4 cm³/mol. The van der Waals surface area contributed by atoms with E-state index in [1.54, 1.807) is 0 Å². The number of allylic oxidation sites excluding steroid dienone is 2. The van der Waals surface area contributed by atoms with Crippen LogP contribution in [0.1, 0.15) is 40.0 Å². The summed E-state index contributed by atoms with van der Waals surface area (Å²) in [4.78, 5) is 0.